The minimum atomic E-state index is -0.595. The third-order valence-corrected chi connectivity index (χ3v) is 7.35. The first kappa shape index (κ1) is 23.9. The first-order chi connectivity index (χ1) is 17.8. The fourth-order valence-electron chi connectivity index (χ4n) is 5.44. The van der Waals surface area contributed by atoms with Crippen molar-refractivity contribution in [2.75, 3.05) is 0 Å². The Morgan fingerprint density at radius 3 is 2.65 bits per heavy atom. The number of aromatic nitrogens is 5. The van der Waals surface area contributed by atoms with Crippen LogP contribution in [0.1, 0.15) is 81.2 Å². The normalized spacial score (nSPS) is 19.8. The van der Waals surface area contributed by atoms with Gasteiger partial charge in [-0.05, 0) is 82.3 Å². The maximum atomic E-state index is 13.0. The van der Waals surface area contributed by atoms with Gasteiger partial charge in [0.25, 0.3) is 0 Å². The SMILES string of the molecule is CC(C)(C)OC(=O)N1Cc2cc(Cl)ccc2-n2c(nnc2C2CCC(c3noc4cccnc34)CC2)C1. The van der Waals surface area contributed by atoms with Crippen LogP contribution in [0, 0.1) is 0 Å². The molecule has 4 heterocycles. The van der Waals surface area contributed by atoms with Gasteiger partial charge in [0.2, 0.25) is 0 Å². The van der Waals surface area contributed by atoms with Gasteiger partial charge in [-0.3, -0.25) is 14.5 Å². The average molecular weight is 521 g/mol. The van der Waals surface area contributed by atoms with E-state index < -0.39 is 5.60 Å². The van der Waals surface area contributed by atoms with Crippen molar-refractivity contribution in [2.24, 2.45) is 0 Å². The third-order valence-electron chi connectivity index (χ3n) is 7.12. The number of pyridine rings is 1. The maximum absolute atomic E-state index is 13.0. The fourth-order valence-corrected chi connectivity index (χ4v) is 5.63. The van der Waals surface area contributed by atoms with Gasteiger partial charge in [-0.1, -0.05) is 16.8 Å². The van der Waals surface area contributed by atoms with Crippen LogP contribution >= 0.6 is 11.6 Å². The van der Waals surface area contributed by atoms with Crippen molar-refractivity contribution >= 4 is 28.8 Å². The highest BCUT2D eigenvalue weighted by molar-refractivity contribution is 6.30. The highest BCUT2D eigenvalue weighted by atomic mass is 35.5. The van der Waals surface area contributed by atoms with Gasteiger partial charge in [-0.15, -0.1) is 10.2 Å². The van der Waals surface area contributed by atoms with Gasteiger partial charge in [-0.25, -0.2) is 4.79 Å². The van der Waals surface area contributed by atoms with E-state index in [0.29, 0.717) is 24.0 Å². The Kier molecular flexibility index (Phi) is 5.90. The lowest BCUT2D eigenvalue weighted by atomic mass is 9.80. The summed E-state index contributed by atoms with van der Waals surface area (Å²) in [6, 6.07) is 9.54. The van der Waals surface area contributed by atoms with Crippen LogP contribution in [-0.4, -0.2) is 41.5 Å². The largest absolute Gasteiger partial charge is 0.444 e. The Bertz CT molecular complexity index is 1460. The first-order valence-electron chi connectivity index (χ1n) is 12.7. The zero-order chi connectivity index (χ0) is 25.7. The number of hydrogen-bond donors (Lipinski definition) is 0. The van der Waals surface area contributed by atoms with Crippen LogP contribution < -0.4 is 0 Å². The van der Waals surface area contributed by atoms with E-state index in [1.807, 2.05) is 51.1 Å². The van der Waals surface area contributed by atoms with Crippen molar-refractivity contribution in [3.8, 4) is 5.69 Å². The van der Waals surface area contributed by atoms with Crippen molar-refractivity contribution < 1.29 is 14.1 Å². The number of rotatable bonds is 2. The Morgan fingerprint density at radius 1 is 1.08 bits per heavy atom. The second-order valence-electron chi connectivity index (χ2n) is 10.9. The van der Waals surface area contributed by atoms with E-state index in [0.717, 1.165) is 65.4 Å². The molecular formula is C27H29ClN6O3. The van der Waals surface area contributed by atoms with E-state index in [1.54, 1.807) is 11.1 Å². The number of halogens is 1. The lowest BCUT2D eigenvalue weighted by Crippen LogP contribution is -2.35. The topological polar surface area (TPSA) is 99.2 Å². The first-order valence-corrected chi connectivity index (χ1v) is 13.1. The van der Waals surface area contributed by atoms with Crippen molar-refractivity contribution in [1.82, 2.24) is 29.8 Å². The molecule has 0 saturated heterocycles. The van der Waals surface area contributed by atoms with E-state index in [4.69, 9.17) is 20.9 Å². The average Bonchev–Trinajstić information content (AvgIpc) is 3.43. The van der Waals surface area contributed by atoms with Crippen LogP contribution in [0.4, 0.5) is 4.79 Å². The number of hydrogen-bond acceptors (Lipinski definition) is 7. The van der Waals surface area contributed by atoms with Crippen LogP contribution in [0.25, 0.3) is 16.8 Å². The minimum absolute atomic E-state index is 0.236. The molecule has 1 saturated carbocycles. The predicted molar refractivity (Wildman–Crippen MR) is 138 cm³/mol. The Hall–Kier alpha value is -3.46. The number of carbonyl (C=O) groups excluding carboxylic acids is 1. The highest BCUT2D eigenvalue weighted by Gasteiger charge is 2.34. The highest BCUT2D eigenvalue weighted by Crippen LogP contribution is 2.42. The third kappa shape index (κ3) is 4.56. The van der Waals surface area contributed by atoms with Gasteiger partial charge >= 0.3 is 6.09 Å². The number of amides is 1. The molecule has 192 valence electrons. The van der Waals surface area contributed by atoms with Crippen LogP contribution in [0.2, 0.25) is 5.02 Å². The minimum Gasteiger partial charge on any atom is -0.444 e. The summed E-state index contributed by atoms with van der Waals surface area (Å²) in [6.45, 7) is 6.28. The van der Waals surface area contributed by atoms with E-state index >= 15 is 0 Å². The Balaban J connectivity index is 1.29. The standard InChI is InChI=1S/C27H29ClN6O3/c1-27(2,3)36-26(35)33-14-18-13-19(28)10-11-20(18)34-22(15-33)30-31-25(34)17-8-6-16(7-9-17)23-24-21(37-32-23)5-4-12-29-24/h4-5,10-13,16-17H,6-9,14-15H2,1-3H3. The summed E-state index contributed by atoms with van der Waals surface area (Å²) >= 11 is 6.37. The fraction of sp³-hybridized carbons (Fsp3) is 0.444. The molecule has 0 bridgehead atoms. The molecule has 1 fully saturated rings. The van der Waals surface area contributed by atoms with Gasteiger partial charge in [0.1, 0.15) is 22.6 Å². The van der Waals surface area contributed by atoms with Crippen LogP contribution in [0.15, 0.2) is 41.1 Å². The molecule has 10 heteroatoms. The van der Waals surface area contributed by atoms with Crippen LogP contribution in [-0.2, 0) is 17.8 Å². The summed E-state index contributed by atoms with van der Waals surface area (Å²) < 4.78 is 13.3. The molecule has 0 atom stereocenters. The zero-order valence-electron chi connectivity index (χ0n) is 21.1. The van der Waals surface area contributed by atoms with E-state index in [2.05, 4.69) is 24.9 Å². The molecule has 9 nitrogen and oxygen atoms in total. The molecule has 1 aliphatic heterocycles. The number of carbonyl (C=O) groups is 1. The zero-order valence-corrected chi connectivity index (χ0v) is 21.9. The molecule has 0 N–H and O–H groups in total. The van der Waals surface area contributed by atoms with E-state index in [9.17, 15) is 4.79 Å². The summed E-state index contributed by atoms with van der Waals surface area (Å²) in [4.78, 5) is 19.2. The van der Waals surface area contributed by atoms with Gasteiger partial charge in [0.05, 0.1) is 18.8 Å². The molecule has 6 rings (SSSR count). The van der Waals surface area contributed by atoms with Gasteiger partial charge in [0.15, 0.2) is 11.4 Å². The molecule has 37 heavy (non-hydrogen) atoms. The van der Waals surface area contributed by atoms with Gasteiger partial charge in [-0.2, -0.15) is 0 Å². The molecule has 1 aromatic carbocycles. The number of benzene rings is 1. The Morgan fingerprint density at radius 2 is 1.86 bits per heavy atom. The maximum Gasteiger partial charge on any atom is 0.411 e. The second-order valence-corrected chi connectivity index (χ2v) is 11.3. The molecule has 4 aromatic rings. The summed E-state index contributed by atoms with van der Waals surface area (Å²) in [5, 5.41) is 14.2. The molecule has 0 radical (unpaired) electrons. The summed E-state index contributed by atoms with van der Waals surface area (Å²) in [5.41, 5.74) is 3.83. The molecule has 1 aliphatic carbocycles. The molecular weight excluding hydrogens is 492 g/mol. The number of ether oxygens (including phenoxy) is 1. The predicted octanol–water partition coefficient (Wildman–Crippen LogP) is 6.15. The van der Waals surface area contributed by atoms with Crippen molar-refractivity contribution in [2.45, 2.75) is 77.0 Å². The summed E-state index contributed by atoms with van der Waals surface area (Å²) in [5.74, 6) is 2.18. The lowest BCUT2D eigenvalue weighted by molar-refractivity contribution is 0.0214. The van der Waals surface area contributed by atoms with Crippen molar-refractivity contribution in [3.63, 3.8) is 0 Å². The van der Waals surface area contributed by atoms with Crippen molar-refractivity contribution in [1.29, 1.82) is 0 Å². The smallest absolute Gasteiger partial charge is 0.411 e. The van der Waals surface area contributed by atoms with Gasteiger partial charge in [0, 0.05) is 23.1 Å². The molecule has 0 unspecified atom stereocenters. The van der Waals surface area contributed by atoms with Crippen LogP contribution in [0.5, 0.6) is 0 Å². The molecule has 1 amide bonds. The quantitative estimate of drug-likeness (QED) is 0.312. The molecule has 0 spiro atoms. The number of nitrogens with zero attached hydrogens (tertiary/aromatic N) is 6. The monoisotopic (exact) mass is 520 g/mol. The lowest BCUT2D eigenvalue weighted by Gasteiger charge is -2.27. The van der Waals surface area contributed by atoms with E-state index in [1.165, 1.54) is 0 Å². The Labute approximate surface area is 219 Å². The molecule has 2 aliphatic rings. The molecule has 3 aromatic heterocycles. The van der Waals surface area contributed by atoms with Crippen molar-refractivity contribution in [3.05, 3.63) is 64.5 Å². The van der Waals surface area contributed by atoms with E-state index in [-0.39, 0.29) is 12.0 Å². The van der Waals surface area contributed by atoms with Crippen LogP contribution in [0.3, 0.4) is 0 Å². The van der Waals surface area contributed by atoms with Gasteiger partial charge < -0.3 is 9.26 Å². The number of fused-ring (bicyclic) bond motifs is 4. The summed E-state index contributed by atoms with van der Waals surface area (Å²) in [7, 11) is 0. The summed E-state index contributed by atoms with van der Waals surface area (Å²) in [6.07, 6.45) is 5.21. The second kappa shape index (κ2) is 9.13.